The molecule has 4 aromatic rings. The zero-order valence-corrected chi connectivity index (χ0v) is 22.8. The predicted molar refractivity (Wildman–Crippen MR) is 150 cm³/mol. The summed E-state index contributed by atoms with van der Waals surface area (Å²) in [4.78, 5) is 15.3. The second kappa shape index (κ2) is 10.8. The molecule has 0 bridgehead atoms. The van der Waals surface area contributed by atoms with Gasteiger partial charge in [0.2, 0.25) is 0 Å². The van der Waals surface area contributed by atoms with Gasteiger partial charge in [-0.25, -0.2) is 0 Å². The van der Waals surface area contributed by atoms with Crippen molar-refractivity contribution in [2.45, 2.75) is 46.3 Å². The number of ether oxygens (including phenoxy) is 1. The van der Waals surface area contributed by atoms with Crippen molar-refractivity contribution >= 4 is 5.91 Å². The van der Waals surface area contributed by atoms with E-state index in [4.69, 9.17) is 9.26 Å². The number of aryl methyl sites for hydroxylation is 1. The fraction of sp³-hybridized carbons (Fsp3) is 0.312. The van der Waals surface area contributed by atoms with Crippen LogP contribution in [0.15, 0.2) is 65.2 Å². The summed E-state index contributed by atoms with van der Waals surface area (Å²) in [7, 11) is 3.75. The number of carbonyl (C=O) groups is 1. The minimum atomic E-state index is -0.282. The first-order chi connectivity index (χ1) is 18.4. The van der Waals surface area contributed by atoms with E-state index >= 15 is 0 Å². The van der Waals surface area contributed by atoms with Crippen molar-refractivity contribution in [3.63, 3.8) is 0 Å². The molecule has 1 N–H and O–H groups in total. The molecule has 6 heteroatoms. The molecule has 0 fully saturated rings. The summed E-state index contributed by atoms with van der Waals surface area (Å²) in [5, 5.41) is 6.99. The summed E-state index contributed by atoms with van der Waals surface area (Å²) < 4.78 is 12.4. The predicted octanol–water partition coefficient (Wildman–Crippen LogP) is 6.37. The topological polar surface area (TPSA) is 67.6 Å². The normalized spacial score (nSPS) is 13.4. The Morgan fingerprint density at radius 2 is 1.89 bits per heavy atom. The maximum absolute atomic E-state index is 12.9. The molecule has 5 rings (SSSR count). The summed E-state index contributed by atoms with van der Waals surface area (Å²) in [6, 6.07) is 20.7. The Morgan fingerprint density at radius 3 is 2.63 bits per heavy atom. The lowest BCUT2D eigenvalue weighted by molar-refractivity contribution is 0.0955. The standard InChI is InChI=1S/C32H35N3O3/c1-20(2)26-17-27(28(15-21(26)3)37-19-22-9-7-6-8-10-22)31-29(30(34-38-31)32(36)33-4)24-11-12-25-18-35(5)14-13-23(25)16-24/h6-12,15-17,20H,13-14,18-19H2,1-5H3,(H,33,36). The Labute approximate surface area is 224 Å². The van der Waals surface area contributed by atoms with Crippen LogP contribution in [0, 0.1) is 6.92 Å². The highest BCUT2D eigenvalue weighted by Gasteiger charge is 2.28. The Hall–Kier alpha value is -3.90. The highest BCUT2D eigenvalue weighted by atomic mass is 16.5. The molecule has 38 heavy (non-hydrogen) atoms. The third-order valence-corrected chi connectivity index (χ3v) is 7.30. The molecule has 0 saturated carbocycles. The van der Waals surface area contributed by atoms with Crippen LogP contribution >= 0.6 is 0 Å². The average Bonchev–Trinajstić information content (AvgIpc) is 3.36. The van der Waals surface area contributed by atoms with Crippen molar-refractivity contribution in [3.8, 4) is 28.2 Å². The van der Waals surface area contributed by atoms with Gasteiger partial charge in [-0.15, -0.1) is 0 Å². The number of nitrogens with one attached hydrogen (secondary N) is 1. The van der Waals surface area contributed by atoms with Crippen molar-refractivity contribution in [1.82, 2.24) is 15.4 Å². The van der Waals surface area contributed by atoms with Gasteiger partial charge >= 0.3 is 0 Å². The van der Waals surface area contributed by atoms with Crippen LogP contribution in [0.25, 0.3) is 22.5 Å². The fourth-order valence-corrected chi connectivity index (χ4v) is 5.22. The largest absolute Gasteiger partial charge is 0.488 e. The summed E-state index contributed by atoms with van der Waals surface area (Å²) in [6.07, 6.45) is 0.961. The number of nitrogens with zero attached hydrogens (tertiary/aromatic N) is 2. The van der Waals surface area contributed by atoms with Gasteiger partial charge in [0.05, 0.1) is 11.1 Å². The van der Waals surface area contributed by atoms with Gasteiger partial charge in [0.25, 0.3) is 5.91 Å². The first kappa shape index (κ1) is 25.7. The van der Waals surface area contributed by atoms with Crippen LogP contribution in [0.3, 0.4) is 0 Å². The van der Waals surface area contributed by atoms with E-state index < -0.39 is 0 Å². The van der Waals surface area contributed by atoms with Crippen LogP contribution in [0.1, 0.15) is 58.1 Å². The number of carbonyl (C=O) groups excluding carboxylic acids is 1. The van der Waals surface area contributed by atoms with Crippen LogP contribution in [-0.4, -0.2) is 36.6 Å². The van der Waals surface area contributed by atoms with Crippen molar-refractivity contribution in [1.29, 1.82) is 0 Å². The number of hydrogen-bond donors (Lipinski definition) is 1. The molecule has 0 atom stereocenters. The molecular formula is C32H35N3O3. The first-order valence-electron chi connectivity index (χ1n) is 13.2. The van der Waals surface area contributed by atoms with E-state index in [1.807, 2.05) is 30.3 Å². The van der Waals surface area contributed by atoms with Crippen LogP contribution < -0.4 is 10.1 Å². The zero-order chi connectivity index (χ0) is 26.8. The maximum Gasteiger partial charge on any atom is 0.273 e. The minimum absolute atomic E-state index is 0.274. The van der Waals surface area contributed by atoms with E-state index in [2.05, 4.69) is 73.5 Å². The van der Waals surface area contributed by atoms with Gasteiger partial charge < -0.3 is 19.5 Å². The summed E-state index contributed by atoms with van der Waals surface area (Å²) in [5.74, 6) is 1.27. The van der Waals surface area contributed by atoms with Gasteiger partial charge in [-0.05, 0) is 71.8 Å². The number of fused-ring (bicyclic) bond motifs is 1. The zero-order valence-electron chi connectivity index (χ0n) is 22.8. The van der Waals surface area contributed by atoms with E-state index in [1.165, 1.54) is 16.7 Å². The molecule has 196 valence electrons. The third kappa shape index (κ3) is 5.09. The van der Waals surface area contributed by atoms with Crippen molar-refractivity contribution in [3.05, 3.63) is 94.2 Å². The highest BCUT2D eigenvalue weighted by Crippen LogP contribution is 2.43. The third-order valence-electron chi connectivity index (χ3n) is 7.30. The quantitative estimate of drug-likeness (QED) is 0.314. The Balaban J connectivity index is 1.67. The SMILES string of the molecule is CNC(=O)c1noc(-c2cc(C(C)C)c(C)cc2OCc2ccccc2)c1-c1ccc2c(c1)CCN(C)C2. The summed E-state index contributed by atoms with van der Waals surface area (Å²) >= 11 is 0. The van der Waals surface area contributed by atoms with Crippen LogP contribution in [0.5, 0.6) is 5.75 Å². The van der Waals surface area contributed by atoms with Gasteiger partial charge in [-0.1, -0.05) is 67.5 Å². The minimum Gasteiger partial charge on any atom is -0.488 e. The van der Waals surface area contributed by atoms with Crippen LogP contribution in [-0.2, 0) is 19.6 Å². The van der Waals surface area contributed by atoms with E-state index in [0.29, 0.717) is 29.6 Å². The molecule has 1 aromatic heterocycles. The molecule has 0 saturated heterocycles. The summed E-state index contributed by atoms with van der Waals surface area (Å²) in [6.45, 7) is 8.80. The second-order valence-corrected chi connectivity index (χ2v) is 10.4. The molecule has 0 radical (unpaired) electrons. The molecule has 0 aliphatic carbocycles. The molecule has 0 spiro atoms. The molecule has 1 aliphatic heterocycles. The Morgan fingerprint density at radius 1 is 1.11 bits per heavy atom. The Bertz CT molecular complexity index is 1460. The monoisotopic (exact) mass is 509 g/mol. The smallest absolute Gasteiger partial charge is 0.273 e. The number of likely N-dealkylation sites (N-methyl/N-ethyl adjacent to an activating group) is 1. The van der Waals surface area contributed by atoms with Gasteiger partial charge in [-0.2, -0.15) is 0 Å². The highest BCUT2D eigenvalue weighted by molar-refractivity contribution is 6.02. The van der Waals surface area contributed by atoms with Gasteiger partial charge in [-0.3, -0.25) is 4.79 Å². The van der Waals surface area contributed by atoms with Crippen molar-refractivity contribution in [2.75, 3.05) is 20.6 Å². The number of hydrogen-bond acceptors (Lipinski definition) is 5. The number of aromatic nitrogens is 1. The molecule has 6 nitrogen and oxygen atoms in total. The van der Waals surface area contributed by atoms with Gasteiger partial charge in [0.1, 0.15) is 12.4 Å². The van der Waals surface area contributed by atoms with E-state index in [-0.39, 0.29) is 11.6 Å². The van der Waals surface area contributed by atoms with Gasteiger partial charge in [0, 0.05) is 20.1 Å². The summed E-state index contributed by atoms with van der Waals surface area (Å²) in [5.41, 5.74) is 8.71. The van der Waals surface area contributed by atoms with Crippen LogP contribution in [0.2, 0.25) is 0 Å². The lowest BCUT2D eigenvalue weighted by Crippen LogP contribution is -2.26. The fourth-order valence-electron chi connectivity index (χ4n) is 5.22. The molecule has 2 heterocycles. The van der Waals surface area contributed by atoms with Crippen molar-refractivity contribution in [2.24, 2.45) is 0 Å². The number of rotatable bonds is 7. The average molecular weight is 510 g/mol. The van der Waals surface area contributed by atoms with E-state index in [0.717, 1.165) is 41.8 Å². The molecule has 0 unspecified atom stereocenters. The first-order valence-corrected chi connectivity index (χ1v) is 13.2. The lowest BCUT2D eigenvalue weighted by atomic mass is 9.90. The van der Waals surface area contributed by atoms with E-state index in [9.17, 15) is 4.79 Å². The molecular weight excluding hydrogens is 474 g/mol. The van der Waals surface area contributed by atoms with E-state index in [1.54, 1.807) is 7.05 Å². The van der Waals surface area contributed by atoms with Crippen LogP contribution in [0.4, 0.5) is 0 Å². The molecule has 3 aromatic carbocycles. The van der Waals surface area contributed by atoms with Crippen molar-refractivity contribution < 1.29 is 14.1 Å². The maximum atomic E-state index is 12.9. The van der Waals surface area contributed by atoms with Gasteiger partial charge in [0.15, 0.2) is 11.5 Å². The number of benzene rings is 3. The second-order valence-electron chi connectivity index (χ2n) is 10.4. The number of amides is 1. The lowest BCUT2D eigenvalue weighted by Gasteiger charge is -2.25. The Kier molecular flexibility index (Phi) is 7.34. The molecule has 1 amide bonds. The molecule has 1 aliphatic rings.